The van der Waals surface area contributed by atoms with Gasteiger partial charge in [-0.05, 0) is 68.5 Å². The minimum absolute atomic E-state index is 0.0261. The lowest BCUT2D eigenvalue weighted by Crippen LogP contribution is -2.59. The molecule has 20 heteroatoms. The number of carbonyl (C=O) groups is 4. The van der Waals surface area contributed by atoms with Crippen molar-refractivity contribution >= 4 is 72.5 Å². The number of carbonyl (C=O) groups excluding carboxylic acids is 3. The summed E-state index contributed by atoms with van der Waals surface area (Å²) in [6, 6.07) is 6.97. The molecular formula is C46H60N8O9S3. The number of hydrogen-bond acceptors (Lipinski definition) is 13. The van der Waals surface area contributed by atoms with Crippen LogP contribution in [0.4, 0.5) is 9.93 Å². The SMILES string of the molecule is COc1ccc2c(O[C@@H]3C[C@H]4C(=O)N[C@]5(C(=O)O)CC5/C=C\CCCCC[C@H](NC(=O)NC(CN(C)S(=O)(=O)c5cccs5)C(C)(C)C)C(=O)N4C3)cc(-c3csc(NC(C)C)n3)nc2c1. The van der Waals surface area contributed by atoms with Crippen molar-refractivity contribution in [1.82, 2.24) is 35.1 Å². The van der Waals surface area contributed by atoms with E-state index >= 15 is 0 Å². The van der Waals surface area contributed by atoms with Gasteiger partial charge in [-0.2, -0.15) is 4.31 Å². The summed E-state index contributed by atoms with van der Waals surface area (Å²) in [5, 5.41) is 27.3. The number of sulfonamides is 1. The average molecular weight is 965 g/mol. The van der Waals surface area contributed by atoms with Crippen LogP contribution in [0, 0.1) is 11.3 Å². The first kappa shape index (κ1) is 48.6. The van der Waals surface area contributed by atoms with Crippen LogP contribution in [0.2, 0.25) is 0 Å². The minimum Gasteiger partial charge on any atom is -0.497 e. The monoisotopic (exact) mass is 964 g/mol. The zero-order valence-electron chi connectivity index (χ0n) is 38.3. The molecule has 2 aliphatic heterocycles. The zero-order chi connectivity index (χ0) is 47.6. The molecule has 1 saturated carbocycles. The smallest absolute Gasteiger partial charge is 0.330 e. The summed E-state index contributed by atoms with van der Waals surface area (Å²) in [6.07, 6.45) is 6.31. The molecule has 0 radical (unpaired) electrons. The number of benzene rings is 1. The van der Waals surface area contributed by atoms with E-state index < -0.39 is 74.9 Å². The number of thiophene rings is 1. The lowest BCUT2D eigenvalue weighted by Gasteiger charge is -2.35. The number of aromatic nitrogens is 2. The molecule has 6 atom stereocenters. The molecule has 17 nitrogen and oxygen atoms in total. The molecule has 4 amide bonds. The topological polar surface area (TPSA) is 221 Å². The Kier molecular flexibility index (Phi) is 14.6. The van der Waals surface area contributed by atoms with Crippen molar-refractivity contribution in [2.45, 2.75) is 120 Å². The normalized spacial score (nSPS) is 23.8. The Morgan fingerprint density at radius 2 is 1.88 bits per heavy atom. The first-order valence-corrected chi connectivity index (χ1v) is 25.5. The number of rotatable bonds is 13. The highest BCUT2D eigenvalue weighted by Crippen LogP contribution is 2.46. The number of nitrogens with one attached hydrogen (secondary N) is 4. The van der Waals surface area contributed by atoms with E-state index in [9.17, 15) is 32.7 Å². The van der Waals surface area contributed by atoms with Gasteiger partial charge in [0.2, 0.25) is 11.8 Å². The fraction of sp³-hybridized carbons (Fsp3) is 0.522. The summed E-state index contributed by atoms with van der Waals surface area (Å²) in [7, 11) is -0.797. The number of aliphatic carboxylic acids is 1. The van der Waals surface area contributed by atoms with Gasteiger partial charge in [0.05, 0.1) is 24.9 Å². The summed E-state index contributed by atoms with van der Waals surface area (Å²) >= 11 is 2.55. The predicted molar refractivity (Wildman–Crippen MR) is 254 cm³/mol. The van der Waals surface area contributed by atoms with E-state index in [1.54, 1.807) is 36.8 Å². The van der Waals surface area contributed by atoms with Crippen LogP contribution in [-0.4, -0.2) is 120 Å². The molecule has 2 fully saturated rings. The number of carboxylic acid groups (broad SMARTS) is 1. The van der Waals surface area contributed by atoms with Gasteiger partial charge in [-0.15, -0.1) is 22.7 Å². The van der Waals surface area contributed by atoms with Crippen LogP contribution in [0.25, 0.3) is 22.3 Å². The maximum absolute atomic E-state index is 15.0. The number of ether oxygens (including phenoxy) is 2. The van der Waals surface area contributed by atoms with E-state index in [4.69, 9.17) is 19.4 Å². The predicted octanol–water partition coefficient (Wildman–Crippen LogP) is 6.48. The molecule has 3 aromatic heterocycles. The number of likely N-dealkylation sites (N-methyl/N-ethyl adjacent to an activating group) is 1. The number of nitrogens with zero attached hydrogens (tertiary/aromatic N) is 4. The van der Waals surface area contributed by atoms with Gasteiger partial charge in [0.1, 0.15) is 45.1 Å². The number of allylic oxidation sites excluding steroid dienone is 1. The third-order valence-electron chi connectivity index (χ3n) is 12.3. The van der Waals surface area contributed by atoms with Gasteiger partial charge >= 0.3 is 12.0 Å². The van der Waals surface area contributed by atoms with Crippen molar-refractivity contribution in [3.8, 4) is 22.9 Å². The quantitative estimate of drug-likeness (QED) is 0.0910. The molecule has 1 aromatic carbocycles. The van der Waals surface area contributed by atoms with Gasteiger partial charge < -0.3 is 40.7 Å². The van der Waals surface area contributed by atoms with Gasteiger partial charge in [0.15, 0.2) is 5.13 Å². The van der Waals surface area contributed by atoms with Crippen molar-refractivity contribution in [2.75, 3.05) is 32.6 Å². The lowest BCUT2D eigenvalue weighted by atomic mass is 9.87. The van der Waals surface area contributed by atoms with Crippen molar-refractivity contribution in [3.05, 3.63) is 59.3 Å². The second-order valence-corrected chi connectivity index (χ2v) is 22.7. The molecule has 0 bridgehead atoms. The third kappa shape index (κ3) is 10.9. The standard InChI is InChI=1S/C46H60N8O9S3/c1-27(2)47-44-50-35(26-65-44)34-22-37(31-18-17-29(62-7)20-33(31)48-34)63-30-21-36-40(55)52-46(42(57)58)23-28(46)14-11-9-8-10-12-15-32(41(56)54(36)24-30)49-43(59)51-38(45(3,4)5)25-53(6)66(60,61)39-16-13-19-64-39/h11,13-14,16-20,22,26-28,30,32,36,38H,8-10,12,15,21,23-25H2,1-7H3,(H,47,50)(H,52,55)(H,57,58)(H2,49,51,59)/b14-11-/t28?,30-,32+,36+,38?,46-/m1/s1. The summed E-state index contributed by atoms with van der Waals surface area (Å²) in [4.78, 5) is 67.2. The largest absolute Gasteiger partial charge is 0.497 e. The number of carboxylic acids is 1. The van der Waals surface area contributed by atoms with E-state index in [2.05, 4.69) is 21.3 Å². The maximum atomic E-state index is 15.0. The van der Waals surface area contributed by atoms with Crippen molar-refractivity contribution in [3.63, 3.8) is 0 Å². The summed E-state index contributed by atoms with van der Waals surface area (Å²) in [6.45, 7) is 9.62. The van der Waals surface area contributed by atoms with Crippen LogP contribution < -0.4 is 30.7 Å². The highest BCUT2D eigenvalue weighted by atomic mass is 32.2. The second kappa shape index (κ2) is 19.9. The van der Waals surface area contributed by atoms with E-state index in [-0.39, 0.29) is 42.6 Å². The van der Waals surface area contributed by atoms with Crippen LogP contribution in [0.3, 0.4) is 0 Å². The number of hydrogen-bond donors (Lipinski definition) is 5. The molecule has 5 heterocycles. The van der Waals surface area contributed by atoms with Crippen LogP contribution in [0.1, 0.15) is 79.6 Å². The van der Waals surface area contributed by atoms with Gasteiger partial charge in [-0.25, -0.2) is 28.0 Å². The summed E-state index contributed by atoms with van der Waals surface area (Å²) < 4.78 is 40.4. The van der Waals surface area contributed by atoms with Crippen LogP contribution in [0.15, 0.2) is 63.5 Å². The number of amides is 4. The maximum Gasteiger partial charge on any atom is 0.330 e. The number of urea groups is 1. The van der Waals surface area contributed by atoms with Crippen molar-refractivity contribution in [2.24, 2.45) is 11.3 Å². The number of thiazole rings is 1. The Labute approximate surface area is 393 Å². The molecule has 356 valence electrons. The average Bonchev–Trinajstić information content (AvgIpc) is 3.73. The zero-order valence-corrected chi connectivity index (χ0v) is 40.8. The van der Waals surface area contributed by atoms with Gasteiger partial charge in [-0.1, -0.05) is 51.8 Å². The molecule has 5 N–H and O–H groups in total. The second-order valence-electron chi connectivity index (χ2n) is 18.7. The number of fused-ring (bicyclic) bond motifs is 3. The molecule has 1 aliphatic carbocycles. The summed E-state index contributed by atoms with van der Waals surface area (Å²) in [5.74, 6) is -1.70. The highest BCUT2D eigenvalue weighted by molar-refractivity contribution is 7.91. The minimum atomic E-state index is -3.83. The van der Waals surface area contributed by atoms with E-state index in [1.165, 1.54) is 33.7 Å². The molecule has 0 spiro atoms. The molecule has 4 aromatic rings. The van der Waals surface area contributed by atoms with Crippen LogP contribution >= 0.6 is 22.7 Å². The number of methoxy groups -OCH3 is 1. The van der Waals surface area contributed by atoms with Crippen molar-refractivity contribution in [1.29, 1.82) is 0 Å². The van der Waals surface area contributed by atoms with Crippen molar-refractivity contribution < 1.29 is 42.2 Å². The van der Waals surface area contributed by atoms with E-state index in [1.807, 2.05) is 58.2 Å². The Bertz CT molecular complexity index is 2560. The van der Waals surface area contributed by atoms with E-state index in [0.29, 0.717) is 46.6 Å². The fourth-order valence-electron chi connectivity index (χ4n) is 8.38. The Morgan fingerprint density at radius 3 is 2.58 bits per heavy atom. The van der Waals surface area contributed by atoms with Crippen LogP contribution in [-0.2, 0) is 24.4 Å². The van der Waals surface area contributed by atoms with E-state index in [0.717, 1.165) is 29.3 Å². The Balaban J connectivity index is 1.18. The third-order valence-corrected chi connectivity index (χ3v) is 16.3. The molecular weight excluding hydrogens is 905 g/mol. The molecule has 3 aliphatic rings. The molecule has 2 unspecified atom stereocenters. The van der Waals surface area contributed by atoms with Gasteiger partial charge in [0, 0.05) is 60.9 Å². The molecule has 7 rings (SSSR count). The number of pyridine rings is 1. The Morgan fingerprint density at radius 1 is 1.09 bits per heavy atom. The number of anilines is 1. The Hall–Kier alpha value is -5.31. The first-order chi connectivity index (χ1) is 31.3. The van der Waals surface area contributed by atoms with Crippen LogP contribution in [0.5, 0.6) is 11.5 Å². The molecule has 1 saturated heterocycles. The fourth-order valence-corrected chi connectivity index (χ4v) is 11.6. The first-order valence-electron chi connectivity index (χ1n) is 22.3. The van der Waals surface area contributed by atoms with Gasteiger partial charge in [-0.3, -0.25) is 9.59 Å². The lowest BCUT2D eigenvalue weighted by molar-refractivity contribution is -0.145. The van der Waals surface area contributed by atoms with Gasteiger partial charge in [0.25, 0.3) is 10.0 Å². The highest BCUT2D eigenvalue weighted by Gasteiger charge is 2.61. The summed E-state index contributed by atoms with van der Waals surface area (Å²) in [5.41, 5.74) is -0.387. The molecule has 66 heavy (non-hydrogen) atoms.